The van der Waals surface area contributed by atoms with Crippen LogP contribution >= 0.6 is 0 Å². The van der Waals surface area contributed by atoms with Crippen LogP contribution in [-0.4, -0.2) is 31.3 Å². The lowest BCUT2D eigenvalue weighted by molar-refractivity contribution is -0.227. The zero-order valence-electron chi connectivity index (χ0n) is 6.84. The van der Waals surface area contributed by atoms with Crippen LogP contribution in [0.3, 0.4) is 0 Å². The number of rotatable bonds is 2. The Morgan fingerprint density at radius 1 is 1.31 bits per heavy atom. The first-order chi connectivity index (χ1) is 5.79. The number of halogens is 3. The van der Waals surface area contributed by atoms with Gasteiger partial charge in [-0.05, 0) is 0 Å². The maximum Gasteiger partial charge on any atom is 0.436 e. The van der Waals surface area contributed by atoms with Gasteiger partial charge in [0.25, 0.3) is 6.10 Å². The maximum absolute atomic E-state index is 11.9. The third-order valence-electron chi connectivity index (χ3n) is 0.996. The molecule has 0 aromatic rings. The predicted octanol–water partition coefficient (Wildman–Crippen LogP) is 0.653. The molecule has 0 amide bonds. The van der Waals surface area contributed by atoms with Crippen molar-refractivity contribution >= 4 is 11.9 Å². The summed E-state index contributed by atoms with van der Waals surface area (Å²) in [5, 5.41) is 0. The fourth-order valence-corrected chi connectivity index (χ4v) is 0.522. The van der Waals surface area contributed by atoms with Gasteiger partial charge in [-0.25, -0.2) is 4.79 Å². The summed E-state index contributed by atoms with van der Waals surface area (Å²) in [6.45, 7) is 0.766. The molecule has 0 aliphatic heterocycles. The Balaban J connectivity index is 4.56. The van der Waals surface area contributed by atoms with Crippen LogP contribution in [0.4, 0.5) is 13.2 Å². The van der Waals surface area contributed by atoms with Crippen LogP contribution < -0.4 is 0 Å². The van der Waals surface area contributed by atoms with E-state index in [2.05, 4.69) is 9.47 Å². The van der Waals surface area contributed by atoms with Crippen LogP contribution in [0.5, 0.6) is 0 Å². The molecule has 76 valence electrons. The summed E-state index contributed by atoms with van der Waals surface area (Å²) in [5.74, 6) is -2.85. The number of carbonyl (C=O) groups is 2. The molecule has 0 aliphatic rings. The molecule has 0 bridgehead atoms. The van der Waals surface area contributed by atoms with Crippen molar-refractivity contribution in [2.24, 2.45) is 0 Å². The van der Waals surface area contributed by atoms with Gasteiger partial charge in [0.2, 0.25) is 0 Å². The fourth-order valence-electron chi connectivity index (χ4n) is 0.522. The van der Waals surface area contributed by atoms with E-state index in [-0.39, 0.29) is 0 Å². The first kappa shape index (κ1) is 11.7. The predicted molar refractivity (Wildman–Crippen MR) is 33.6 cm³/mol. The molecule has 0 rings (SSSR count). The summed E-state index contributed by atoms with van der Waals surface area (Å²) in [7, 11) is 0.768. The quantitative estimate of drug-likeness (QED) is 0.614. The first-order valence-corrected chi connectivity index (χ1v) is 3.10. The first-order valence-electron chi connectivity index (χ1n) is 3.10. The van der Waals surface area contributed by atoms with Crippen LogP contribution in [0.15, 0.2) is 0 Å². The number of hydrogen-bond donors (Lipinski definition) is 0. The Hall–Kier alpha value is -1.27. The van der Waals surface area contributed by atoms with Crippen LogP contribution in [0, 0.1) is 0 Å². The number of methoxy groups -OCH3 is 1. The van der Waals surface area contributed by atoms with Crippen molar-refractivity contribution in [1.82, 2.24) is 0 Å². The topological polar surface area (TPSA) is 52.6 Å². The van der Waals surface area contributed by atoms with Gasteiger partial charge in [-0.15, -0.1) is 0 Å². The van der Waals surface area contributed by atoms with Gasteiger partial charge in [-0.2, -0.15) is 13.2 Å². The molecule has 0 fully saturated rings. The summed E-state index contributed by atoms with van der Waals surface area (Å²) in [6, 6.07) is 0. The minimum Gasteiger partial charge on any atom is -0.466 e. The molecule has 7 heteroatoms. The van der Waals surface area contributed by atoms with Gasteiger partial charge in [0.05, 0.1) is 7.11 Å². The van der Waals surface area contributed by atoms with Gasteiger partial charge in [0.15, 0.2) is 0 Å². The second-order valence-electron chi connectivity index (χ2n) is 2.05. The molecule has 0 saturated heterocycles. The van der Waals surface area contributed by atoms with Crippen molar-refractivity contribution < 1.29 is 32.2 Å². The molecule has 1 unspecified atom stereocenters. The van der Waals surface area contributed by atoms with Gasteiger partial charge < -0.3 is 9.47 Å². The maximum atomic E-state index is 11.9. The average molecular weight is 200 g/mol. The summed E-state index contributed by atoms with van der Waals surface area (Å²) in [5.41, 5.74) is 0. The number of esters is 2. The van der Waals surface area contributed by atoms with Crippen LogP contribution in [-0.2, 0) is 19.1 Å². The highest BCUT2D eigenvalue weighted by molar-refractivity contribution is 5.79. The van der Waals surface area contributed by atoms with Crippen LogP contribution in [0.1, 0.15) is 6.92 Å². The summed E-state index contributed by atoms with van der Waals surface area (Å²) < 4.78 is 43.4. The normalized spacial score (nSPS) is 13.3. The van der Waals surface area contributed by atoms with Crippen molar-refractivity contribution in [3.63, 3.8) is 0 Å². The minimum atomic E-state index is -4.95. The van der Waals surface area contributed by atoms with E-state index in [1.807, 2.05) is 0 Å². The monoisotopic (exact) mass is 200 g/mol. The van der Waals surface area contributed by atoms with Gasteiger partial charge in [0.1, 0.15) is 0 Å². The standard InChI is InChI=1S/C6H7F3O4/c1-3(10)13-4(5(11)12-2)6(7,8)9/h4H,1-2H3. The average Bonchev–Trinajstić information content (AvgIpc) is 1.96. The third-order valence-corrected chi connectivity index (χ3v) is 0.996. The lowest BCUT2D eigenvalue weighted by Crippen LogP contribution is -2.40. The Morgan fingerprint density at radius 2 is 1.77 bits per heavy atom. The van der Waals surface area contributed by atoms with E-state index in [1.54, 1.807) is 0 Å². The molecule has 0 N–H and O–H groups in total. The minimum absolute atomic E-state index is 0.766. The number of alkyl halides is 3. The second kappa shape index (κ2) is 4.11. The molecule has 1 atom stereocenters. The molecule has 13 heavy (non-hydrogen) atoms. The fraction of sp³-hybridized carbons (Fsp3) is 0.667. The van der Waals surface area contributed by atoms with Gasteiger partial charge in [-0.1, -0.05) is 0 Å². The van der Waals surface area contributed by atoms with Crippen molar-refractivity contribution in [3.05, 3.63) is 0 Å². The van der Waals surface area contributed by atoms with Gasteiger partial charge in [0, 0.05) is 6.92 Å². The van der Waals surface area contributed by atoms with E-state index in [0.717, 1.165) is 14.0 Å². The zero-order chi connectivity index (χ0) is 10.6. The second-order valence-corrected chi connectivity index (χ2v) is 2.05. The Bertz CT molecular complexity index is 210. The summed E-state index contributed by atoms with van der Waals surface area (Å²) >= 11 is 0. The Kier molecular flexibility index (Phi) is 3.70. The van der Waals surface area contributed by atoms with Crippen LogP contribution in [0.2, 0.25) is 0 Å². The summed E-state index contributed by atoms with van der Waals surface area (Å²) in [6.07, 6.45) is -7.78. The van der Waals surface area contributed by atoms with Crippen molar-refractivity contribution in [1.29, 1.82) is 0 Å². The lowest BCUT2D eigenvalue weighted by atomic mass is 10.3. The Morgan fingerprint density at radius 3 is 2.00 bits per heavy atom. The van der Waals surface area contributed by atoms with Gasteiger partial charge in [-0.3, -0.25) is 4.79 Å². The smallest absolute Gasteiger partial charge is 0.436 e. The van der Waals surface area contributed by atoms with Crippen molar-refractivity contribution in [2.75, 3.05) is 7.11 Å². The molecule has 4 nitrogen and oxygen atoms in total. The van der Waals surface area contributed by atoms with Crippen molar-refractivity contribution in [3.8, 4) is 0 Å². The van der Waals surface area contributed by atoms with Crippen LogP contribution in [0.25, 0.3) is 0 Å². The molecule has 0 aromatic carbocycles. The largest absolute Gasteiger partial charge is 0.466 e. The van der Waals surface area contributed by atoms with E-state index >= 15 is 0 Å². The SMILES string of the molecule is COC(=O)C(OC(C)=O)C(F)(F)F. The molecule has 0 spiro atoms. The lowest BCUT2D eigenvalue weighted by Gasteiger charge is -2.16. The number of hydrogen-bond acceptors (Lipinski definition) is 4. The van der Waals surface area contributed by atoms with E-state index in [1.165, 1.54) is 0 Å². The Labute approximate surface area is 71.6 Å². The molecule has 0 saturated carbocycles. The summed E-state index contributed by atoms with van der Waals surface area (Å²) in [4.78, 5) is 20.7. The molecule has 0 aliphatic carbocycles. The molecular weight excluding hydrogens is 193 g/mol. The number of ether oxygens (including phenoxy) is 2. The van der Waals surface area contributed by atoms with Gasteiger partial charge >= 0.3 is 18.1 Å². The molecule has 0 heterocycles. The molecule has 0 aromatic heterocycles. The van der Waals surface area contributed by atoms with E-state index in [4.69, 9.17) is 0 Å². The van der Waals surface area contributed by atoms with E-state index < -0.39 is 24.2 Å². The van der Waals surface area contributed by atoms with E-state index in [9.17, 15) is 22.8 Å². The number of carbonyl (C=O) groups excluding carboxylic acids is 2. The van der Waals surface area contributed by atoms with Crippen molar-refractivity contribution in [2.45, 2.75) is 19.2 Å². The highest BCUT2D eigenvalue weighted by atomic mass is 19.4. The molecule has 0 radical (unpaired) electrons. The third kappa shape index (κ3) is 3.77. The highest BCUT2D eigenvalue weighted by Crippen LogP contribution is 2.23. The highest BCUT2D eigenvalue weighted by Gasteiger charge is 2.48. The zero-order valence-corrected chi connectivity index (χ0v) is 6.84. The molecular formula is C6H7F3O4. The van der Waals surface area contributed by atoms with E-state index in [0.29, 0.717) is 0 Å².